The summed E-state index contributed by atoms with van der Waals surface area (Å²) in [5.74, 6) is 0.956. The predicted octanol–water partition coefficient (Wildman–Crippen LogP) is 4.31. The van der Waals surface area contributed by atoms with Crippen LogP contribution in [0.2, 0.25) is 5.02 Å². The first-order valence-corrected chi connectivity index (χ1v) is 12.2. The molecule has 2 saturated heterocycles. The third kappa shape index (κ3) is 5.89. The lowest BCUT2D eigenvalue weighted by molar-refractivity contribution is -0.137. The van der Waals surface area contributed by atoms with E-state index in [1.165, 1.54) is 0 Å². The molecule has 7 nitrogen and oxygen atoms in total. The number of rotatable bonds is 5. The molecule has 2 unspecified atom stereocenters. The van der Waals surface area contributed by atoms with E-state index in [-0.39, 0.29) is 11.8 Å². The van der Waals surface area contributed by atoms with E-state index in [1.807, 2.05) is 42.3 Å². The highest BCUT2D eigenvalue weighted by molar-refractivity contribution is 6.30. The lowest BCUT2D eigenvalue weighted by Crippen LogP contribution is -2.48. The molecule has 0 spiro atoms. The van der Waals surface area contributed by atoms with Gasteiger partial charge in [0.05, 0.1) is 0 Å². The Balaban J connectivity index is 1.39. The Morgan fingerprint density at radius 2 is 1.59 bits per heavy atom. The molecule has 2 atom stereocenters. The van der Waals surface area contributed by atoms with Gasteiger partial charge in [-0.1, -0.05) is 41.9 Å². The summed E-state index contributed by atoms with van der Waals surface area (Å²) in [6, 6.07) is 14.9. The summed E-state index contributed by atoms with van der Waals surface area (Å²) >= 11 is 5.92. The molecule has 2 aliphatic heterocycles. The summed E-state index contributed by atoms with van der Waals surface area (Å²) in [7, 11) is 1.86. The summed E-state index contributed by atoms with van der Waals surface area (Å²) in [5.41, 5.74) is 1.33. The molecule has 0 bridgehead atoms. The maximum atomic E-state index is 13.5. The number of hydrogen-bond donors (Lipinski definition) is 2. The fourth-order valence-electron chi connectivity index (χ4n) is 4.91. The topological polar surface area (TPSA) is 81.8 Å². The van der Waals surface area contributed by atoms with Crippen molar-refractivity contribution >= 4 is 35.1 Å². The molecule has 8 heteroatoms. The molecule has 2 aromatic carbocycles. The molecular formula is C26H31ClN4O3. The number of hydrogen-bond acceptors (Lipinski definition) is 3. The fourth-order valence-corrected chi connectivity index (χ4v) is 5.03. The van der Waals surface area contributed by atoms with Crippen molar-refractivity contribution in [2.24, 2.45) is 11.8 Å². The van der Waals surface area contributed by atoms with Crippen LogP contribution in [-0.4, -0.2) is 54.3 Å². The molecule has 0 aliphatic carbocycles. The van der Waals surface area contributed by atoms with Crippen molar-refractivity contribution in [1.82, 2.24) is 15.1 Å². The third-order valence-electron chi connectivity index (χ3n) is 6.97. The average Bonchev–Trinajstić information content (AvgIpc) is 2.86. The van der Waals surface area contributed by atoms with Gasteiger partial charge in [0.15, 0.2) is 0 Å². The lowest BCUT2D eigenvalue weighted by atomic mass is 9.78. The first-order valence-electron chi connectivity index (χ1n) is 11.8. The second-order valence-corrected chi connectivity index (χ2v) is 9.62. The number of urea groups is 1. The third-order valence-corrected chi connectivity index (χ3v) is 7.23. The molecule has 180 valence electrons. The SMILES string of the molecule is CN1CCC(C2CCN(C(=O)C(NC(=O)Nc3ccc(Cl)cc3)c3ccccc3)CC2)CC1=O. The number of anilines is 1. The number of halogens is 1. The zero-order valence-corrected chi connectivity index (χ0v) is 20.1. The highest BCUT2D eigenvalue weighted by Gasteiger charge is 2.35. The molecule has 0 radical (unpaired) electrons. The van der Waals surface area contributed by atoms with Gasteiger partial charge < -0.3 is 20.4 Å². The molecule has 4 amide bonds. The number of likely N-dealkylation sites (tertiary alicyclic amines) is 2. The van der Waals surface area contributed by atoms with E-state index < -0.39 is 12.1 Å². The van der Waals surface area contributed by atoms with E-state index in [4.69, 9.17) is 11.6 Å². The van der Waals surface area contributed by atoms with Crippen LogP contribution in [0.25, 0.3) is 0 Å². The van der Waals surface area contributed by atoms with Gasteiger partial charge in [0.2, 0.25) is 11.8 Å². The minimum atomic E-state index is -0.782. The lowest BCUT2D eigenvalue weighted by Gasteiger charge is -2.40. The second-order valence-electron chi connectivity index (χ2n) is 9.18. The van der Waals surface area contributed by atoms with Crippen molar-refractivity contribution in [3.63, 3.8) is 0 Å². The van der Waals surface area contributed by atoms with Crippen LogP contribution in [0.15, 0.2) is 54.6 Å². The number of carbonyl (C=O) groups is 3. The van der Waals surface area contributed by atoms with Gasteiger partial charge >= 0.3 is 6.03 Å². The first kappa shape index (κ1) is 24.1. The Kier molecular flexibility index (Phi) is 7.73. The molecular weight excluding hydrogens is 452 g/mol. The van der Waals surface area contributed by atoms with E-state index in [1.54, 1.807) is 29.2 Å². The van der Waals surface area contributed by atoms with Crippen molar-refractivity contribution in [3.05, 3.63) is 65.2 Å². The van der Waals surface area contributed by atoms with Crippen molar-refractivity contribution < 1.29 is 14.4 Å². The Hall–Kier alpha value is -3.06. The minimum Gasteiger partial charge on any atom is -0.346 e. The largest absolute Gasteiger partial charge is 0.346 e. The Bertz CT molecular complexity index is 1010. The Morgan fingerprint density at radius 1 is 0.941 bits per heavy atom. The Morgan fingerprint density at radius 3 is 2.24 bits per heavy atom. The van der Waals surface area contributed by atoms with Crippen molar-refractivity contribution in [1.29, 1.82) is 0 Å². The average molecular weight is 483 g/mol. The monoisotopic (exact) mass is 482 g/mol. The smallest absolute Gasteiger partial charge is 0.320 e. The summed E-state index contributed by atoms with van der Waals surface area (Å²) in [6.45, 7) is 2.08. The van der Waals surface area contributed by atoms with Crippen LogP contribution < -0.4 is 10.6 Å². The molecule has 2 fully saturated rings. The number of benzene rings is 2. The fraction of sp³-hybridized carbons (Fsp3) is 0.423. The maximum absolute atomic E-state index is 13.5. The van der Waals surface area contributed by atoms with Gasteiger partial charge in [0.1, 0.15) is 6.04 Å². The highest BCUT2D eigenvalue weighted by atomic mass is 35.5. The van der Waals surface area contributed by atoms with Crippen LogP contribution in [0.5, 0.6) is 0 Å². The summed E-state index contributed by atoms with van der Waals surface area (Å²) < 4.78 is 0. The minimum absolute atomic E-state index is 0.115. The second kappa shape index (κ2) is 10.9. The van der Waals surface area contributed by atoms with Gasteiger partial charge in [-0.05, 0) is 60.9 Å². The van der Waals surface area contributed by atoms with E-state index in [0.717, 1.165) is 31.4 Å². The van der Waals surface area contributed by atoms with Crippen LogP contribution >= 0.6 is 11.6 Å². The normalized spacial score (nSPS) is 20.1. The highest BCUT2D eigenvalue weighted by Crippen LogP contribution is 2.33. The van der Waals surface area contributed by atoms with Crippen LogP contribution in [0.3, 0.4) is 0 Å². The zero-order valence-electron chi connectivity index (χ0n) is 19.4. The molecule has 34 heavy (non-hydrogen) atoms. The van der Waals surface area contributed by atoms with E-state index in [2.05, 4.69) is 10.6 Å². The van der Waals surface area contributed by atoms with Crippen molar-refractivity contribution in [2.75, 3.05) is 32.0 Å². The van der Waals surface area contributed by atoms with Crippen molar-refractivity contribution in [2.45, 2.75) is 31.7 Å². The van der Waals surface area contributed by atoms with Gasteiger partial charge in [0, 0.05) is 43.8 Å². The first-order chi connectivity index (χ1) is 16.4. The molecule has 0 saturated carbocycles. The van der Waals surface area contributed by atoms with Crippen LogP contribution in [0.1, 0.15) is 37.3 Å². The van der Waals surface area contributed by atoms with Gasteiger partial charge in [-0.3, -0.25) is 9.59 Å². The zero-order chi connectivity index (χ0) is 24.1. The van der Waals surface area contributed by atoms with Crippen LogP contribution in [0.4, 0.5) is 10.5 Å². The molecule has 2 N–H and O–H groups in total. The van der Waals surface area contributed by atoms with Crippen molar-refractivity contribution in [3.8, 4) is 0 Å². The molecule has 2 heterocycles. The van der Waals surface area contributed by atoms with Gasteiger partial charge in [-0.25, -0.2) is 4.79 Å². The number of nitrogens with one attached hydrogen (secondary N) is 2. The molecule has 0 aromatic heterocycles. The van der Waals surface area contributed by atoms with E-state index in [9.17, 15) is 14.4 Å². The number of carbonyl (C=O) groups excluding carboxylic acids is 3. The van der Waals surface area contributed by atoms with Crippen LogP contribution in [-0.2, 0) is 9.59 Å². The molecule has 4 rings (SSSR count). The van der Waals surface area contributed by atoms with Crippen LogP contribution in [0, 0.1) is 11.8 Å². The quantitative estimate of drug-likeness (QED) is 0.666. The maximum Gasteiger partial charge on any atom is 0.320 e. The summed E-state index contributed by atoms with van der Waals surface area (Å²) in [4.78, 5) is 42.0. The number of piperidine rings is 2. The van der Waals surface area contributed by atoms with Gasteiger partial charge in [-0.2, -0.15) is 0 Å². The molecule has 2 aliphatic rings. The van der Waals surface area contributed by atoms with Gasteiger partial charge in [-0.15, -0.1) is 0 Å². The standard InChI is InChI=1S/C26H31ClN4O3/c1-30-14-11-20(17-23(30)32)18-12-15-31(16-13-18)25(33)24(19-5-3-2-4-6-19)29-26(34)28-22-9-7-21(27)8-10-22/h2-10,18,20,24H,11-17H2,1H3,(H2,28,29,34). The number of nitrogens with zero attached hydrogens (tertiary/aromatic N) is 2. The van der Waals surface area contributed by atoms with Gasteiger partial charge in [0.25, 0.3) is 0 Å². The summed E-state index contributed by atoms with van der Waals surface area (Å²) in [5, 5.41) is 6.20. The van der Waals surface area contributed by atoms with E-state index >= 15 is 0 Å². The summed E-state index contributed by atoms with van der Waals surface area (Å²) in [6.07, 6.45) is 3.39. The Labute approximate surface area is 205 Å². The van der Waals surface area contributed by atoms with E-state index in [0.29, 0.717) is 42.1 Å². The predicted molar refractivity (Wildman–Crippen MR) is 132 cm³/mol. The molecule has 2 aromatic rings. The number of amides is 4.